The molecule has 0 saturated heterocycles. The Morgan fingerprint density at radius 1 is 1.43 bits per heavy atom. The number of rotatable bonds is 5. The van der Waals surface area contributed by atoms with Crippen LogP contribution in [0.2, 0.25) is 5.02 Å². The number of hydrogen-bond donors (Lipinski definition) is 1. The molecule has 21 heavy (non-hydrogen) atoms. The predicted molar refractivity (Wildman–Crippen MR) is 82.4 cm³/mol. The largest absolute Gasteiger partial charge is 0.467 e. The number of nitrogens with one attached hydrogen (secondary N) is 1. The summed E-state index contributed by atoms with van der Waals surface area (Å²) >= 11 is 5.87. The molecule has 0 spiro atoms. The van der Waals surface area contributed by atoms with E-state index in [0.29, 0.717) is 5.02 Å². The summed E-state index contributed by atoms with van der Waals surface area (Å²) < 4.78 is 6.61. The Hall–Kier alpha value is -2.01. The molecule has 5 nitrogen and oxygen atoms in total. The van der Waals surface area contributed by atoms with E-state index in [9.17, 15) is 4.79 Å². The average molecular weight is 308 g/mol. The standard InChI is InChI=1S/C15H18ClN3O2/c1-4-13-12(9-19(2)18-13)14(15(20)21-3)17-11-7-5-10(16)6-8-11/h5-9,14,17H,4H2,1-3H3. The molecule has 0 bridgehead atoms. The monoisotopic (exact) mass is 307 g/mol. The highest BCUT2D eigenvalue weighted by atomic mass is 35.5. The van der Waals surface area contributed by atoms with Gasteiger partial charge in [0.05, 0.1) is 12.8 Å². The second-order valence-corrected chi connectivity index (χ2v) is 5.10. The molecule has 0 saturated carbocycles. The lowest BCUT2D eigenvalue weighted by Crippen LogP contribution is -2.23. The number of hydrogen-bond acceptors (Lipinski definition) is 4. The third-order valence-corrected chi connectivity index (χ3v) is 3.43. The van der Waals surface area contributed by atoms with Crippen molar-refractivity contribution in [1.29, 1.82) is 0 Å². The fraction of sp³-hybridized carbons (Fsp3) is 0.333. The van der Waals surface area contributed by atoms with Gasteiger partial charge in [-0.3, -0.25) is 4.68 Å². The van der Waals surface area contributed by atoms with Crippen molar-refractivity contribution >= 4 is 23.3 Å². The van der Waals surface area contributed by atoms with Gasteiger partial charge in [-0.1, -0.05) is 18.5 Å². The number of carbonyl (C=O) groups is 1. The lowest BCUT2D eigenvalue weighted by atomic mass is 10.1. The van der Waals surface area contributed by atoms with E-state index in [4.69, 9.17) is 16.3 Å². The minimum atomic E-state index is -0.597. The minimum absolute atomic E-state index is 0.354. The quantitative estimate of drug-likeness (QED) is 0.863. The van der Waals surface area contributed by atoms with E-state index >= 15 is 0 Å². The first-order valence-corrected chi connectivity index (χ1v) is 7.05. The molecule has 2 rings (SSSR count). The lowest BCUT2D eigenvalue weighted by molar-refractivity contribution is -0.141. The normalized spacial score (nSPS) is 12.0. The Kier molecular flexibility index (Phi) is 4.85. The van der Waals surface area contributed by atoms with Crippen molar-refractivity contribution in [3.05, 3.63) is 46.7 Å². The first kappa shape index (κ1) is 15.4. The van der Waals surface area contributed by atoms with E-state index in [1.165, 1.54) is 7.11 Å². The smallest absolute Gasteiger partial charge is 0.333 e. The fourth-order valence-corrected chi connectivity index (χ4v) is 2.29. The number of carbonyl (C=O) groups excluding carboxylic acids is 1. The van der Waals surface area contributed by atoms with Gasteiger partial charge < -0.3 is 10.1 Å². The molecule has 1 atom stereocenters. The van der Waals surface area contributed by atoms with Gasteiger partial charge in [0.2, 0.25) is 0 Å². The van der Waals surface area contributed by atoms with Crippen LogP contribution in [0.4, 0.5) is 5.69 Å². The molecule has 1 aromatic carbocycles. The molecule has 1 heterocycles. The van der Waals surface area contributed by atoms with Gasteiger partial charge in [-0.05, 0) is 30.7 Å². The number of benzene rings is 1. The summed E-state index contributed by atoms with van der Waals surface area (Å²) in [4.78, 5) is 12.1. The van der Waals surface area contributed by atoms with Gasteiger partial charge in [-0.15, -0.1) is 0 Å². The summed E-state index contributed by atoms with van der Waals surface area (Å²) in [5.74, 6) is -0.354. The van der Waals surface area contributed by atoms with Gasteiger partial charge in [0, 0.05) is 29.5 Å². The van der Waals surface area contributed by atoms with Crippen molar-refractivity contribution in [3.63, 3.8) is 0 Å². The van der Waals surface area contributed by atoms with Crippen molar-refractivity contribution in [2.75, 3.05) is 12.4 Å². The zero-order valence-electron chi connectivity index (χ0n) is 12.3. The van der Waals surface area contributed by atoms with Crippen molar-refractivity contribution in [3.8, 4) is 0 Å². The molecule has 1 aromatic heterocycles. The number of methoxy groups -OCH3 is 1. The second kappa shape index (κ2) is 6.63. The van der Waals surface area contributed by atoms with E-state index in [1.807, 2.05) is 32.3 Å². The highest BCUT2D eigenvalue weighted by Crippen LogP contribution is 2.24. The van der Waals surface area contributed by atoms with Crippen LogP contribution in [0.1, 0.15) is 24.2 Å². The average Bonchev–Trinajstić information content (AvgIpc) is 2.86. The first-order valence-electron chi connectivity index (χ1n) is 6.67. The van der Waals surface area contributed by atoms with Crippen molar-refractivity contribution in [2.45, 2.75) is 19.4 Å². The zero-order chi connectivity index (χ0) is 15.4. The molecule has 0 aliphatic rings. The number of aryl methyl sites for hydroxylation is 2. The Labute approximate surface area is 128 Å². The summed E-state index contributed by atoms with van der Waals surface area (Å²) in [6, 6.07) is 6.57. The highest BCUT2D eigenvalue weighted by Gasteiger charge is 2.25. The molecule has 0 amide bonds. The molecule has 2 aromatic rings. The fourth-order valence-electron chi connectivity index (χ4n) is 2.16. The molecular weight excluding hydrogens is 290 g/mol. The van der Waals surface area contributed by atoms with Crippen LogP contribution >= 0.6 is 11.6 Å². The molecule has 6 heteroatoms. The molecule has 0 aliphatic carbocycles. The number of aromatic nitrogens is 2. The maximum atomic E-state index is 12.1. The van der Waals surface area contributed by atoms with Crippen molar-refractivity contribution in [1.82, 2.24) is 9.78 Å². The Bertz CT molecular complexity index is 622. The molecule has 0 radical (unpaired) electrons. The molecule has 1 unspecified atom stereocenters. The Morgan fingerprint density at radius 2 is 2.10 bits per heavy atom. The summed E-state index contributed by atoms with van der Waals surface area (Å²) in [5, 5.41) is 8.19. The van der Waals surface area contributed by atoms with Crippen LogP contribution in [0, 0.1) is 0 Å². The van der Waals surface area contributed by atoms with Gasteiger partial charge in [-0.2, -0.15) is 5.10 Å². The third kappa shape index (κ3) is 3.55. The van der Waals surface area contributed by atoms with Crippen LogP contribution in [0.15, 0.2) is 30.5 Å². The van der Waals surface area contributed by atoms with Crippen LogP contribution in [-0.4, -0.2) is 22.9 Å². The van der Waals surface area contributed by atoms with Gasteiger partial charge in [0.15, 0.2) is 6.04 Å². The number of anilines is 1. The first-order chi connectivity index (χ1) is 10.0. The number of esters is 1. The van der Waals surface area contributed by atoms with Crippen molar-refractivity contribution in [2.24, 2.45) is 7.05 Å². The number of nitrogens with zero attached hydrogens (tertiary/aromatic N) is 2. The van der Waals surface area contributed by atoms with Crippen LogP contribution in [0.3, 0.4) is 0 Å². The Balaban J connectivity index is 2.34. The topological polar surface area (TPSA) is 56.2 Å². The summed E-state index contributed by atoms with van der Waals surface area (Å²) in [5.41, 5.74) is 2.48. The third-order valence-electron chi connectivity index (χ3n) is 3.18. The number of halogens is 1. The SMILES string of the molecule is CCc1nn(C)cc1C(Nc1ccc(Cl)cc1)C(=O)OC. The van der Waals surface area contributed by atoms with E-state index in [0.717, 1.165) is 23.4 Å². The predicted octanol–water partition coefficient (Wildman–Crippen LogP) is 2.96. The maximum Gasteiger partial charge on any atom is 0.333 e. The summed E-state index contributed by atoms with van der Waals surface area (Å²) in [6.45, 7) is 2.00. The van der Waals surface area contributed by atoms with Crippen LogP contribution < -0.4 is 5.32 Å². The van der Waals surface area contributed by atoms with Gasteiger partial charge >= 0.3 is 5.97 Å². The minimum Gasteiger partial charge on any atom is -0.467 e. The van der Waals surface area contributed by atoms with Crippen molar-refractivity contribution < 1.29 is 9.53 Å². The maximum absolute atomic E-state index is 12.1. The van der Waals surface area contributed by atoms with Crippen LogP contribution in [0.25, 0.3) is 0 Å². The summed E-state index contributed by atoms with van der Waals surface area (Å²) in [6.07, 6.45) is 2.58. The Morgan fingerprint density at radius 3 is 2.67 bits per heavy atom. The molecule has 112 valence electrons. The summed E-state index contributed by atoms with van der Waals surface area (Å²) in [7, 11) is 3.21. The van der Waals surface area contributed by atoms with Gasteiger partial charge in [0.25, 0.3) is 0 Å². The highest BCUT2D eigenvalue weighted by molar-refractivity contribution is 6.30. The van der Waals surface area contributed by atoms with Crippen LogP contribution in [0.5, 0.6) is 0 Å². The van der Waals surface area contributed by atoms with Crippen LogP contribution in [-0.2, 0) is 23.0 Å². The van der Waals surface area contributed by atoms with E-state index in [-0.39, 0.29) is 5.97 Å². The van der Waals surface area contributed by atoms with Gasteiger partial charge in [-0.25, -0.2) is 4.79 Å². The van der Waals surface area contributed by atoms with E-state index in [2.05, 4.69) is 10.4 Å². The molecule has 1 N–H and O–H groups in total. The zero-order valence-corrected chi connectivity index (χ0v) is 13.0. The lowest BCUT2D eigenvalue weighted by Gasteiger charge is -2.17. The molecular formula is C15H18ClN3O2. The molecule has 0 fully saturated rings. The van der Waals surface area contributed by atoms with E-state index < -0.39 is 6.04 Å². The number of ether oxygens (including phenoxy) is 1. The molecule has 0 aliphatic heterocycles. The van der Waals surface area contributed by atoms with E-state index in [1.54, 1.807) is 16.8 Å². The van der Waals surface area contributed by atoms with Gasteiger partial charge in [0.1, 0.15) is 0 Å². The second-order valence-electron chi connectivity index (χ2n) is 4.67.